The molecule has 0 radical (unpaired) electrons. The highest BCUT2D eigenvalue weighted by Gasteiger charge is 2.34. The average molecular weight is 321 g/mol. The molecule has 8 nitrogen and oxygen atoms in total. The molecule has 124 valence electrons. The van der Waals surface area contributed by atoms with E-state index in [2.05, 4.69) is 5.32 Å². The molecule has 8 heteroatoms. The summed E-state index contributed by atoms with van der Waals surface area (Å²) in [6.07, 6.45) is 1.14. The third-order valence-electron chi connectivity index (χ3n) is 3.72. The molecule has 1 aliphatic rings. The van der Waals surface area contributed by atoms with Crippen LogP contribution in [0.1, 0.15) is 18.4 Å². The summed E-state index contributed by atoms with van der Waals surface area (Å²) < 4.78 is 0. The molecule has 0 saturated carbocycles. The van der Waals surface area contributed by atoms with Gasteiger partial charge in [0.05, 0.1) is 13.0 Å². The number of carbonyl (C=O) groups is 3. The number of amides is 3. The van der Waals surface area contributed by atoms with E-state index in [1.165, 1.54) is 23.1 Å². The maximum absolute atomic E-state index is 12.4. The number of imide groups is 1. The van der Waals surface area contributed by atoms with Crippen LogP contribution in [0.5, 0.6) is 11.5 Å². The summed E-state index contributed by atoms with van der Waals surface area (Å²) in [6, 6.07) is 3.43. The first kappa shape index (κ1) is 16.8. The second-order valence-corrected chi connectivity index (χ2v) is 5.36. The number of phenolic OH excluding ortho intramolecular Hbond substituents is 2. The topological polar surface area (TPSA) is 133 Å². The summed E-state index contributed by atoms with van der Waals surface area (Å²) in [5.74, 6) is -1.97. The van der Waals surface area contributed by atoms with Gasteiger partial charge < -0.3 is 20.8 Å². The molecule has 1 saturated heterocycles. The van der Waals surface area contributed by atoms with Crippen LogP contribution in [0.2, 0.25) is 0 Å². The van der Waals surface area contributed by atoms with Gasteiger partial charge in [-0.05, 0) is 30.5 Å². The molecule has 2 rings (SSSR count). The van der Waals surface area contributed by atoms with E-state index in [1.807, 2.05) is 0 Å². The Kier molecular flexibility index (Phi) is 5.17. The summed E-state index contributed by atoms with van der Waals surface area (Å²) in [5, 5.41) is 20.9. The minimum Gasteiger partial charge on any atom is -0.504 e. The van der Waals surface area contributed by atoms with Crippen LogP contribution in [-0.2, 0) is 20.8 Å². The van der Waals surface area contributed by atoms with E-state index in [0.717, 1.165) is 0 Å². The zero-order valence-electron chi connectivity index (χ0n) is 12.5. The molecule has 1 aromatic carbocycles. The molecule has 0 aromatic heterocycles. The summed E-state index contributed by atoms with van der Waals surface area (Å²) >= 11 is 0. The molecule has 3 amide bonds. The SMILES string of the molecule is NCC(=O)NC(=O)[C@@H]1CCCN1C(=O)Cc1ccc(O)c(O)c1. The molecule has 0 unspecified atom stereocenters. The number of rotatable bonds is 4. The van der Waals surface area contributed by atoms with Crippen LogP contribution >= 0.6 is 0 Å². The lowest BCUT2D eigenvalue weighted by Crippen LogP contribution is -2.49. The van der Waals surface area contributed by atoms with Gasteiger partial charge in [-0.2, -0.15) is 0 Å². The number of phenols is 2. The Morgan fingerprint density at radius 2 is 2.00 bits per heavy atom. The van der Waals surface area contributed by atoms with Crippen LogP contribution in [-0.4, -0.2) is 52.0 Å². The fraction of sp³-hybridized carbons (Fsp3) is 0.400. The first-order valence-electron chi connectivity index (χ1n) is 7.26. The number of likely N-dealkylation sites (tertiary alicyclic amines) is 1. The Labute approximate surface area is 132 Å². The first-order chi connectivity index (χ1) is 10.9. The standard InChI is InChI=1S/C15H19N3O5/c16-8-13(21)17-15(23)10-2-1-5-18(10)14(22)7-9-3-4-11(19)12(20)6-9/h3-4,6,10,19-20H,1-2,5,7-8,16H2,(H,17,21,23)/t10-/m0/s1. The maximum atomic E-state index is 12.4. The number of hydrogen-bond donors (Lipinski definition) is 4. The van der Waals surface area contributed by atoms with Crippen molar-refractivity contribution in [2.24, 2.45) is 5.73 Å². The molecule has 23 heavy (non-hydrogen) atoms. The third kappa shape index (κ3) is 3.98. The van der Waals surface area contributed by atoms with E-state index in [1.54, 1.807) is 0 Å². The van der Waals surface area contributed by atoms with E-state index >= 15 is 0 Å². The lowest BCUT2D eigenvalue weighted by atomic mass is 10.1. The van der Waals surface area contributed by atoms with Crippen molar-refractivity contribution in [2.75, 3.05) is 13.1 Å². The van der Waals surface area contributed by atoms with Gasteiger partial charge in [0.1, 0.15) is 6.04 Å². The Balaban J connectivity index is 2.03. The molecular formula is C15H19N3O5. The normalized spacial score (nSPS) is 17.1. The maximum Gasteiger partial charge on any atom is 0.249 e. The Bertz CT molecular complexity index is 632. The molecule has 1 fully saturated rings. The number of nitrogens with one attached hydrogen (secondary N) is 1. The Morgan fingerprint density at radius 3 is 2.65 bits per heavy atom. The lowest BCUT2D eigenvalue weighted by Gasteiger charge is -2.23. The van der Waals surface area contributed by atoms with E-state index in [-0.39, 0.29) is 30.4 Å². The zero-order valence-corrected chi connectivity index (χ0v) is 12.5. The summed E-state index contributed by atoms with van der Waals surface area (Å²) in [4.78, 5) is 37.0. The molecular weight excluding hydrogens is 302 g/mol. The van der Waals surface area contributed by atoms with Crippen LogP contribution in [0, 0.1) is 0 Å². The van der Waals surface area contributed by atoms with E-state index < -0.39 is 17.9 Å². The highest BCUT2D eigenvalue weighted by Crippen LogP contribution is 2.26. The molecule has 0 bridgehead atoms. The van der Waals surface area contributed by atoms with E-state index in [4.69, 9.17) is 5.73 Å². The monoisotopic (exact) mass is 321 g/mol. The fourth-order valence-electron chi connectivity index (χ4n) is 2.56. The van der Waals surface area contributed by atoms with Crippen molar-refractivity contribution in [3.63, 3.8) is 0 Å². The summed E-state index contributed by atoms with van der Waals surface area (Å²) in [6.45, 7) is 0.136. The molecule has 1 aromatic rings. The second-order valence-electron chi connectivity index (χ2n) is 5.36. The van der Waals surface area contributed by atoms with Crippen LogP contribution in [0.15, 0.2) is 18.2 Å². The van der Waals surface area contributed by atoms with Crippen molar-refractivity contribution in [1.82, 2.24) is 10.2 Å². The molecule has 0 spiro atoms. The molecule has 1 atom stereocenters. The number of benzene rings is 1. The van der Waals surface area contributed by atoms with Gasteiger partial charge in [0.25, 0.3) is 0 Å². The zero-order chi connectivity index (χ0) is 17.0. The lowest BCUT2D eigenvalue weighted by molar-refractivity contribution is -0.140. The number of nitrogens with two attached hydrogens (primary N) is 1. The van der Waals surface area contributed by atoms with E-state index in [0.29, 0.717) is 24.9 Å². The van der Waals surface area contributed by atoms with Crippen molar-refractivity contribution in [3.05, 3.63) is 23.8 Å². The molecule has 1 heterocycles. The first-order valence-corrected chi connectivity index (χ1v) is 7.26. The predicted molar refractivity (Wildman–Crippen MR) is 80.4 cm³/mol. The molecule has 0 aliphatic carbocycles. The van der Waals surface area contributed by atoms with Crippen LogP contribution in [0.25, 0.3) is 0 Å². The highest BCUT2D eigenvalue weighted by atomic mass is 16.3. The van der Waals surface area contributed by atoms with Crippen molar-refractivity contribution >= 4 is 17.7 Å². The number of nitrogens with zero attached hydrogens (tertiary/aromatic N) is 1. The average Bonchev–Trinajstić information content (AvgIpc) is 3.00. The van der Waals surface area contributed by atoms with Gasteiger partial charge in [0, 0.05) is 6.54 Å². The summed E-state index contributed by atoms with van der Waals surface area (Å²) in [7, 11) is 0. The van der Waals surface area contributed by atoms with Crippen molar-refractivity contribution < 1.29 is 24.6 Å². The van der Waals surface area contributed by atoms with Gasteiger partial charge >= 0.3 is 0 Å². The van der Waals surface area contributed by atoms with Gasteiger partial charge in [-0.15, -0.1) is 0 Å². The number of aromatic hydroxyl groups is 2. The third-order valence-corrected chi connectivity index (χ3v) is 3.72. The van der Waals surface area contributed by atoms with Gasteiger partial charge in [-0.3, -0.25) is 19.7 Å². The minimum absolute atomic E-state index is 0.0115. The number of hydrogen-bond acceptors (Lipinski definition) is 6. The minimum atomic E-state index is -0.691. The quantitative estimate of drug-likeness (QED) is 0.538. The van der Waals surface area contributed by atoms with Crippen LogP contribution in [0.3, 0.4) is 0 Å². The largest absolute Gasteiger partial charge is 0.504 e. The highest BCUT2D eigenvalue weighted by molar-refractivity contribution is 6.00. The second kappa shape index (κ2) is 7.10. The van der Waals surface area contributed by atoms with E-state index in [9.17, 15) is 24.6 Å². The van der Waals surface area contributed by atoms with Crippen LogP contribution in [0.4, 0.5) is 0 Å². The van der Waals surface area contributed by atoms with Crippen molar-refractivity contribution in [3.8, 4) is 11.5 Å². The van der Waals surface area contributed by atoms with Gasteiger partial charge in [-0.1, -0.05) is 6.07 Å². The van der Waals surface area contributed by atoms with Crippen molar-refractivity contribution in [2.45, 2.75) is 25.3 Å². The van der Waals surface area contributed by atoms with Gasteiger partial charge in [0.15, 0.2) is 11.5 Å². The number of carbonyl (C=O) groups excluding carboxylic acids is 3. The van der Waals surface area contributed by atoms with Gasteiger partial charge in [-0.25, -0.2) is 0 Å². The Hall–Kier alpha value is -2.61. The van der Waals surface area contributed by atoms with Gasteiger partial charge in [0.2, 0.25) is 17.7 Å². The fourth-order valence-corrected chi connectivity index (χ4v) is 2.56. The van der Waals surface area contributed by atoms with Crippen molar-refractivity contribution in [1.29, 1.82) is 0 Å². The smallest absolute Gasteiger partial charge is 0.249 e. The van der Waals surface area contributed by atoms with Crippen LogP contribution < -0.4 is 11.1 Å². The predicted octanol–water partition coefficient (Wildman–Crippen LogP) is -0.767. The molecule has 5 N–H and O–H groups in total. The molecule has 1 aliphatic heterocycles. The Morgan fingerprint density at radius 1 is 1.26 bits per heavy atom. The summed E-state index contributed by atoms with van der Waals surface area (Å²) in [5.41, 5.74) is 5.68.